The summed E-state index contributed by atoms with van der Waals surface area (Å²) in [5, 5.41) is 0. The van der Waals surface area contributed by atoms with Crippen LogP contribution in [0.1, 0.15) is 22.8 Å². The first-order valence-electron chi connectivity index (χ1n) is 9.58. The van der Waals surface area contributed by atoms with Crippen LogP contribution in [0.5, 0.6) is 0 Å². The second-order valence-electron chi connectivity index (χ2n) is 7.59. The lowest BCUT2D eigenvalue weighted by atomic mass is 10.1. The molecule has 1 saturated heterocycles. The highest BCUT2D eigenvalue weighted by Gasteiger charge is 2.32. The molecule has 0 spiro atoms. The van der Waals surface area contributed by atoms with Crippen molar-refractivity contribution in [1.29, 1.82) is 0 Å². The van der Waals surface area contributed by atoms with Gasteiger partial charge in [-0.15, -0.1) is 0 Å². The molecule has 0 radical (unpaired) electrons. The van der Waals surface area contributed by atoms with Crippen LogP contribution in [0.4, 0.5) is 5.69 Å². The summed E-state index contributed by atoms with van der Waals surface area (Å²) in [6, 6.07) is 14.4. The van der Waals surface area contributed by atoms with E-state index in [1.54, 1.807) is 29.2 Å². The number of nitrogens with zero attached hydrogens (tertiary/aromatic N) is 3. The molecule has 2 aliphatic rings. The molecule has 0 aromatic heterocycles. The third-order valence-corrected chi connectivity index (χ3v) is 7.54. The predicted octanol–water partition coefficient (Wildman–Crippen LogP) is 2.21. The quantitative estimate of drug-likeness (QED) is 0.794. The SMILES string of the molecule is C[C@H]1Cc2ccccc2N1C(=O)c1ccc(S(=O)(=O)N2CCN(C)CC2)cc1. The van der Waals surface area contributed by atoms with Gasteiger partial charge >= 0.3 is 0 Å². The number of rotatable bonds is 3. The Bertz CT molecular complexity index is 980. The molecule has 0 bridgehead atoms. The van der Waals surface area contributed by atoms with Crippen LogP contribution in [0.25, 0.3) is 0 Å². The Kier molecular flexibility index (Phi) is 4.99. The number of para-hydroxylation sites is 1. The van der Waals surface area contributed by atoms with Crippen molar-refractivity contribution in [2.24, 2.45) is 0 Å². The molecule has 0 saturated carbocycles. The van der Waals surface area contributed by atoms with Gasteiger partial charge in [-0.1, -0.05) is 18.2 Å². The minimum atomic E-state index is -3.52. The predicted molar refractivity (Wildman–Crippen MR) is 109 cm³/mol. The fraction of sp³-hybridized carbons (Fsp3) is 0.381. The highest BCUT2D eigenvalue weighted by molar-refractivity contribution is 7.89. The zero-order valence-electron chi connectivity index (χ0n) is 16.2. The monoisotopic (exact) mass is 399 g/mol. The summed E-state index contributed by atoms with van der Waals surface area (Å²) < 4.78 is 27.2. The molecule has 2 aliphatic heterocycles. The van der Waals surface area contributed by atoms with E-state index in [4.69, 9.17) is 0 Å². The van der Waals surface area contributed by atoms with Crippen molar-refractivity contribution in [3.63, 3.8) is 0 Å². The van der Waals surface area contributed by atoms with E-state index in [1.807, 2.05) is 38.2 Å². The lowest BCUT2D eigenvalue weighted by molar-refractivity contribution is 0.0981. The van der Waals surface area contributed by atoms with Gasteiger partial charge in [0.1, 0.15) is 0 Å². The first kappa shape index (κ1) is 19.1. The van der Waals surface area contributed by atoms with Crippen molar-refractivity contribution in [3.8, 4) is 0 Å². The largest absolute Gasteiger partial charge is 0.305 e. The molecule has 1 atom stereocenters. The number of piperazine rings is 1. The second-order valence-corrected chi connectivity index (χ2v) is 9.53. The molecule has 2 aromatic carbocycles. The smallest absolute Gasteiger partial charge is 0.258 e. The Morgan fingerprint density at radius 1 is 0.964 bits per heavy atom. The Labute approximate surface area is 166 Å². The number of sulfonamides is 1. The van der Waals surface area contributed by atoms with Crippen LogP contribution >= 0.6 is 0 Å². The fourth-order valence-electron chi connectivity index (χ4n) is 3.96. The lowest BCUT2D eigenvalue weighted by Crippen LogP contribution is -2.47. The van der Waals surface area contributed by atoms with Crippen LogP contribution in [0.15, 0.2) is 53.4 Å². The number of benzene rings is 2. The first-order chi connectivity index (χ1) is 13.4. The summed E-state index contributed by atoms with van der Waals surface area (Å²) in [4.78, 5) is 17.2. The van der Waals surface area contributed by atoms with Crippen molar-refractivity contribution >= 4 is 21.6 Å². The zero-order valence-corrected chi connectivity index (χ0v) is 17.0. The molecule has 7 heteroatoms. The van der Waals surface area contributed by atoms with Gasteiger partial charge in [0.05, 0.1) is 4.90 Å². The molecule has 6 nitrogen and oxygen atoms in total. The second kappa shape index (κ2) is 7.31. The van der Waals surface area contributed by atoms with E-state index < -0.39 is 10.0 Å². The van der Waals surface area contributed by atoms with E-state index in [1.165, 1.54) is 4.31 Å². The van der Waals surface area contributed by atoms with Gasteiger partial charge in [0.15, 0.2) is 0 Å². The summed E-state index contributed by atoms with van der Waals surface area (Å²) in [7, 11) is -1.54. The number of anilines is 1. The number of carbonyl (C=O) groups is 1. The minimum absolute atomic E-state index is 0.0821. The van der Waals surface area contributed by atoms with E-state index in [9.17, 15) is 13.2 Å². The molecule has 4 rings (SSSR count). The molecule has 0 unspecified atom stereocenters. The van der Waals surface area contributed by atoms with Gasteiger partial charge in [-0.2, -0.15) is 4.31 Å². The van der Waals surface area contributed by atoms with E-state index in [0.717, 1.165) is 30.8 Å². The molecule has 1 amide bonds. The number of carbonyl (C=O) groups excluding carboxylic acids is 1. The van der Waals surface area contributed by atoms with E-state index >= 15 is 0 Å². The summed E-state index contributed by atoms with van der Waals surface area (Å²) >= 11 is 0. The number of hydrogen-bond acceptors (Lipinski definition) is 4. The third-order valence-electron chi connectivity index (χ3n) is 5.63. The molecule has 28 heavy (non-hydrogen) atoms. The summed E-state index contributed by atoms with van der Waals surface area (Å²) in [6.07, 6.45) is 0.831. The molecule has 2 aromatic rings. The van der Waals surface area contributed by atoms with Crippen LogP contribution < -0.4 is 4.90 Å². The highest BCUT2D eigenvalue weighted by Crippen LogP contribution is 2.33. The van der Waals surface area contributed by atoms with Gasteiger partial charge in [0, 0.05) is 43.5 Å². The van der Waals surface area contributed by atoms with Crippen LogP contribution in [-0.4, -0.2) is 62.8 Å². The van der Waals surface area contributed by atoms with Gasteiger partial charge in [-0.25, -0.2) is 8.42 Å². The van der Waals surface area contributed by atoms with Crippen molar-refractivity contribution in [2.45, 2.75) is 24.3 Å². The molecule has 148 valence electrons. The van der Waals surface area contributed by atoms with E-state index in [2.05, 4.69) is 4.90 Å². The van der Waals surface area contributed by atoms with Gasteiger partial charge < -0.3 is 9.80 Å². The number of fused-ring (bicyclic) bond motifs is 1. The maximum atomic E-state index is 13.1. The molecule has 2 heterocycles. The fourth-order valence-corrected chi connectivity index (χ4v) is 5.38. The van der Waals surface area contributed by atoms with Gasteiger partial charge in [-0.3, -0.25) is 4.79 Å². The molecular formula is C21H25N3O3S. The maximum absolute atomic E-state index is 13.1. The standard InChI is InChI=1S/C21H25N3O3S/c1-16-15-18-5-3-4-6-20(18)24(16)21(25)17-7-9-19(10-8-17)28(26,27)23-13-11-22(2)12-14-23/h3-10,16H,11-15H2,1-2H3/t16-/m0/s1. The third kappa shape index (κ3) is 3.34. The van der Waals surface area contributed by atoms with Crippen LogP contribution in [0.2, 0.25) is 0 Å². The summed E-state index contributed by atoms with van der Waals surface area (Å²) in [6.45, 7) is 4.46. The van der Waals surface area contributed by atoms with E-state index in [-0.39, 0.29) is 16.8 Å². The maximum Gasteiger partial charge on any atom is 0.258 e. The van der Waals surface area contributed by atoms with Crippen LogP contribution in [-0.2, 0) is 16.4 Å². The first-order valence-corrected chi connectivity index (χ1v) is 11.0. The Morgan fingerprint density at radius 2 is 1.61 bits per heavy atom. The average Bonchev–Trinajstić information content (AvgIpc) is 3.03. The number of likely N-dealkylation sites (N-methyl/N-ethyl adjacent to an activating group) is 1. The molecule has 0 N–H and O–H groups in total. The van der Waals surface area contributed by atoms with Crippen molar-refractivity contribution < 1.29 is 13.2 Å². The average molecular weight is 400 g/mol. The minimum Gasteiger partial charge on any atom is -0.305 e. The topological polar surface area (TPSA) is 60.9 Å². The molecular weight excluding hydrogens is 374 g/mol. The number of amides is 1. The lowest BCUT2D eigenvalue weighted by Gasteiger charge is -2.31. The Balaban J connectivity index is 1.56. The Hall–Kier alpha value is -2.22. The Morgan fingerprint density at radius 3 is 2.29 bits per heavy atom. The summed E-state index contributed by atoms with van der Waals surface area (Å²) in [5.41, 5.74) is 2.60. The van der Waals surface area contributed by atoms with Crippen molar-refractivity contribution in [2.75, 3.05) is 38.1 Å². The van der Waals surface area contributed by atoms with Crippen molar-refractivity contribution in [3.05, 3.63) is 59.7 Å². The van der Waals surface area contributed by atoms with Crippen LogP contribution in [0, 0.1) is 0 Å². The van der Waals surface area contributed by atoms with Crippen molar-refractivity contribution in [1.82, 2.24) is 9.21 Å². The zero-order chi connectivity index (χ0) is 19.9. The molecule has 1 fully saturated rings. The van der Waals surface area contributed by atoms with Crippen LogP contribution in [0.3, 0.4) is 0 Å². The molecule has 0 aliphatic carbocycles. The van der Waals surface area contributed by atoms with Gasteiger partial charge in [0.2, 0.25) is 10.0 Å². The highest BCUT2D eigenvalue weighted by atomic mass is 32.2. The number of hydrogen-bond donors (Lipinski definition) is 0. The van der Waals surface area contributed by atoms with Gasteiger partial charge in [0.25, 0.3) is 5.91 Å². The van der Waals surface area contributed by atoms with E-state index in [0.29, 0.717) is 18.7 Å². The van der Waals surface area contributed by atoms with Gasteiger partial charge in [-0.05, 0) is 56.3 Å². The normalized spacial score (nSPS) is 20.9. The summed E-state index contributed by atoms with van der Waals surface area (Å²) in [5.74, 6) is -0.0963.